The van der Waals surface area contributed by atoms with E-state index in [2.05, 4.69) is 30.8 Å². The summed E-state index contributed by atoms with van der Waals surface area (Å²) in [4.78, 5) is 6.59. The Bertz CT molecular complexity index is 581. The summed E-state index contributed by atoms with van der Waals surface area (Å²) in [6, 6.07) is 7.84. The second kappa shape index (κ2) is 5.35. The summed E-state index contributed by atoms with van der Waals surface area (Å²) >= 11 is 6.01. The van der Waals surface area contributed by atoms with E-state index >= 15 is 0 Å². The topological polar surface area (TPSA) is 42.1 Å². The second-order valence-electron chi connectivity index (χ2n) is 5.72. The maximum atomic E-state index is 6.01. The lowest BCUT2D eigenvalue weighted by Crippen LogP contribution is -2.36. The van der Waals surface area contributed by atoms with Gasteiger partial charge >= 0.3 is 0 Å². The number of pyridine rings is 1. The van der Waals surface area contributed by atoms with Crippen LogP contribution in [0.3, 0.4) is 0 Å². The SMILES string of the molecule is CN(CC(C)(C)CN)c1ccnc2cc(Cl)ccc12. The van der Waals surface area contributed by atoms with E-state index in [-0.39, 0.29) is 5.41 Å². The highest BCUT2D eigenvalue weighted by Crippen LogP contribution is 2.28. The number of rotatable bonds is 4. The molecule has 2 N–H and O–H groups in total. The van der Waals surface area contributed by atoms with Gasteiger partial charge in [-0.1, -0.05) is 25.4 Å². The molecule has 0 spiro atoms. The molecule has 2 aromatic rings. The van der Waals surface area contributed by atoms with E-state index in [1.807, 2.05) is 30.5 Å². The fourth-order valence-electron chi connectivity index (χ4n) is 2.23. The van der Waals surface area contributed by atoms with Crippen LogP contribution in [-0.2, 0) is 0 Å². The molecular formula is C15H20ClN3. The summed E-state index contributed by atoms with van der Waals surface area (Å²) in [6.45, 7) is 5.89. The van der Waals surface area contributed by atoms with Crippen LogP contribution >= 0.6 is 11.6 Å². The third-order valence-corrected chi connectivity index (χ3v) is 3.55. The van der Waals surface area contributed by atoms with Crippen molar-refractivity contribution in [1.29, 1.82) is 0 Å². The Kier molecular flexibility index (Phi) is 3.97. The number of fused-ring (bicyclic) bond motifs is 1. The monoisotopic (exact) mass is 277 g/mol. The van der Waals surface area contributed by atoms with Crippen molar-refractivity contribution in [3.63, 3.8) is 0 Å². The molecule has 3 nitrogen and oxygen atoms in total. The molecule has 1 aromatic heterocycles. The van der Waals surface area contributed by atoms with Gasteiger partial charge in [-0.25, -0.2) is 0 Å². The minimum Gasteiger partial charge on any atom is -0.373 e. The zero-order valence-electron chi connectivity index (χ0n) is 11.7. The van der Waals surface area contributed by atoms with E-state index in [0.717, 1.165) is 23.1 Å². The molecule has 0 unspecified atom stereocenters. The second-order valence-corrected chi connectivity index (χ2v) is 6.15. The van der Waals surface area contributed by atoms with Gasteiger partial charge in [-0.2, -0.15) is 0 Å². The predicted octanol–water partition coefficient (Wildman–Crippen LogP) is 3.31. The molecule has 0 aliphatic heterocycles. The summed E-state index contributed by atoms with van der Waals surface area (Å²) in [7, 11) is 2.08. The van der Waals surface area contributed by atoms with Gasteiger partial charge in [0, 0.05) is 35.9 Å². The molecule has 1 aromatic carbocycles. The number of hydrogen-bond donors (Lipinski definition) is 1. The van der Waals surface area contributed by atoms with Crippen molar-refractivity contribution >= 4 is 28.2 Å². The lowest BCUT2D eigenvalue weighted by molar-refractivity contribution is 0.385. The Hall–Kier alpha value is -1.32. The summed E-state index contributed by atoms with van der Waals surface area (Å²) in [5, 5.41) is 1.82. The summed E-state index contributed by atoms with van der Waals surface area (Å²) in [6.07, 6.45) is 1.82. The quantitative estimate of drug-likeness (QED) is 0.932. The third-order valence-electron chi connectivity index (χ3n) is 3.31. The van der Waals surface area contributed by atoms with Crippen LogP contribution in [0, 0.1) is 5.41 Å². The largest absolute Gasteiger partial charge is 0.373 e. The molecule has 0 amide bonds. The highest BCUT2D eigenvalue weighted by Gasteiger charge is 2.19. The molecule has 0 atom stereocenters. The average Bonchev–Trinajstić information content (AvgIpc) is 2.37. The van der Waals surface area contributed by atoms with Crippen molar-refractivity contribution in [3.8, 4) is 0 Å². The average molecular weight is 278 g/mol. The van der Waals surface area contributed by atoms with Crippen molar-refractivity contribution in [1.82, 2.24) is 4.98 Å². The van der Waals surface area contributed by atoms with E-state index in [1.54, 1.807) is 0 Å². The molecule has 0 saturated carbocycles. The smallest absolute Gasteiger partial charge is 0.0737 e. The van der Waals surface area contributed by atoms with Gasteiger partial charge in [0.15, 0.2) is 0 Å². The number of benzene rings is 1. The zero-order valence-corrected chi connectivity index (χ0v) is 12.4. The van der Waals surface area contributed by atoms with Crippen LogP contribution in [-0.4, -0.2) is 25.1 Å². The fraction of sp³-hybridized carbons (Fsp3) is 0.400. The molecule has 0 radical (unpaired) electrons. The maximum Gasteiger partial charge on any atom is 0.0737 e. The van der Waals surface area contributed by atoms with Gasteiger partial charge in [-0.05, 0) is 36.2 Å². The van der Waals surface area contributed by atoms with Gasteiger partial charge in [0.25, 0.3) is 0 Å². The van der Waals surface area contributed by atoms with Crippen LogP contribution in [0.1, 0.15) is 13.8 Å². The van der Waals surface area contributed by atoms with Gasteiger partial charge < -0.3 is 10.6 Å². The van der Waals surface area contributed by atoms with E-state index < -0.39 is 0 Å². The van der Waals surface area contributed by atoms with Gasteiger partial charge in [0.05, 0.1) is 5.52 Å². The first-order chi connectivity index (χ1) is 8.93. The Morgan fingerprint density at radius 1 is 1.32 bits per heavy atom. The zero-order chi connectivity index (χ0) is 14.0. The summed E-state index contributed by atoms with van der Waals surface area (Å²) in [5.74, 6) is 0. The van der Waals surface area contributed by atoms with Gasteiger partial charge in [-0.15, -0.1) is 0 Å². The minimum absolute atomic E-state index is 0.0801. The molecule has 1 heterocycles. The number of halogens is 1. The van der Waals surface area contributed by atoms with Crippen LogP contribution in [0.25, 0.3) is 10.9 Å². The molecular weight excluding hydrogens is 258 g/mol. The first-order valence-electron chi connectivity index (χ1n) is 6.38. The summed E-state index contributed by atoms with van der Waals surface area (Å²) < 4.78 is 0. The molecule has 0 aliphatic rings. The lowest BCUT2D eigenvalue weighted by atomic mass is 9.93. The first kappa shape index (κ1) is 14.1. The molecule has 19 heavy (non-hydrogen) atoms. The number of anilines is 1. The highest BCUT2D eigenvalue weighted by atomic mass is 35.5. The molecule has 2 rings (SSSR count). The fourth-order valence-corrected chi connectivity index (χ4v) is 2.40. The molecule has 4 heteroatoms. The number of nitrogens with zero attached hydrogens (tertiary/aromatic N) is 2. The van der Waals surface area contributed by atoms with Crippen molar-refractivity contribution in [3.05, 3.63) is 35.5 Å². The van der Waals surface area contributed by atoms with Gasteiger partial charge in [0.2, 0.25) is 0 Å². The Morgan fingerprint density at radius 3 is 2.74 bits per heavy atom. The normalized spacial score (nSPS) is 11.8. The van der Waals surface area contributed by atoms with E-state index in [9.17, 15) is 0 Å². The lowest BCUT2D eigenvalue weighted by Gasteiger charge is -2.31. The third kappa shape index (κ3) is 3.17. The molecule has 0 fully saturated rings. The minimum atomic E-state index is 0.0801. The van der Waals surface area contributed by atoms with Crippen LogP contribution < -0.4 is 10.6 Å². The predicted molar refractivity (Wildman–Crippen MR) is 82.9 cm³/mol. The Morgan fingerprint density at radius 2 is 2.05 bits per heavy atom. The Labute approximate surface area is 119 Å². The number of hydrogen-bond acceptors (Lipinski definition) is 3. The molecule has 102 valence electrons. The van der Waals surface area contributed by atoms with Crippen molar-refractivity contribution in [2.45, 2.75) is 13.8 Å². The van der Waals surface area contributed by atoms with E-state index in [0.29, 0.717) is 11.6 Å². The van der Waals surface area contributed by atoms with E-state index in [1.165, 1.54) is 0 Å². The van der Waals surface area contributed by atoms with Crippen LogP contribution in [0.15, 0.2) is 30.5 Å². The molecule has 0 saturated heterocycles. The standard InChI is InChI=1S/C15H20ClN3/c1-15(2,9-17)10-19(3)14-6-7-18-13-8-11(16)4-5-12(13)14/h4-8H,9-10,17H2,1-3H3. The van der Waals surface area contributed by atoms with E-state index in [4.69, 9.17) is 17.3 Å². The molecule has 0 bridgehead atoms. The van der Waals surface area contributed by atoms with Crippen molar-refractivity contribution in [2.24, 2.45) is 11.1 Å². The van der Waals surface area contributed by atoms with Gasteiger partial charge in [-0.3, -0.25) is 4.98 Å². The number of nitrogens with two attached hydrogens (primary N) is 1. The maximum absolute atomic E-state index is 6.01. The summed E-state index contributed by atoms with van der Waals surface area (Å²) in [5.41, 5.74) is 7.96. The first-order valence-corrected chi connectivity index (χ1v) is 6.76. The Balaban J connectivity index is 2.39. The molecule has 0 aliphatic carbocycles. The van der Waals surface area contributed by atoms with Gasteiger partial charge in [0.1, 0.15) is 0 Å². The number of aromatic nitrogens is 1. The van der Waals surface area contributed by atoms with Crippen LogP contribution in [0.2, 0.25) is 5.02 Å². The van der Waals surface area contributed by atoms with Crippen molar-refractivity contribution in [2.75, 3.05) is 25.0 Å². The van der Waals surface area contributed by atoms with Crippen LogP contribution in [0.4, 0.5) is 5.69 Å². The highest BCUT2D eigenvalue weighted by molar-refractivity contribution is 6.31. The van der Waals surface area contributed by atoms with Crippen molar-refractivity contribution < 1.29 is 0 Å². The van der Waals surface area contributed by atoms with Crippen LogP contribution in [0.5, 0.6) is 0 Å².